The molecular weight excluding hydrogens is 407 g/mol. The molecule has 0 radical (unpaired) electrons. The smallest absolute Gasteiger partial charge is 0.297 e. The molecule has 0 aliphatic carbocycles. The summed E-state index contributed by atoms with van der Waals surface area (Å²) in [6.07, 6.45) is -3.91. The lowest BCUT2D eigenvalue weighted by Crippen LogP contribution is -2.45. The van der Waals surface area contributed by atoms with Crippen LogP contribution in [-0.4, -0.2) is 55.4 Å². The zero-order valence-electron chi connectivity index (χ0n) is 13.9. The van der Waals surface area contributed by atoms with Gasteiger partial charge in [-0.1, -0.05) is 12.2 Å². The third kappa shape index (κ3) is 4.30. The molecule has 1 aliphatic rings. The fourth-order valence-corrected chi connectivity index (χ4v) is 3.05. The number of rotatable bonds is 8. The highest BCUT2D eigenvalue weighted by Crippen LogP contribution is 2.32. The van der Waals surface area contributed by atoms with Crippen molar-refractivity contribution in [3.8, 4) is 0 Å². The SMILES string of the molecule is CCN1C(C(F)F)=NN(c2cc(NC[SH](=O)=O)c(C(N)=S)cc2F)C1C=O. The van der Waals surface area contributed by atoms with E-state index in [1.807, 2.05) is 0 Å². The van der Waals surface area contributed by atoms with E-state index in [-0.39, 0.29) is 28.5 Å². The van der Waals surface area contributed by atoms with Gasteiger partial charge in [0.05, 0.1) is 0 Å². The standard InChI is InChI=1S/C14H16F3N5O3S2/c1-2-21-11(5-23)22(20-14(21)12(16)17)10-4-9(19-6-27(24)25)7(13(18)26)3-8(10)15/h3-5,11-12,19,27H,2,6H2,1H3,(H2,18,26). The molecule has 1 aromatic carbocycles. The lowest BCUT2D eigenvalue weighted by molar-refractivity contribution is -0.111. The summed E-state index contributed by atoms with van der Waals surface area (Å²) in [5, 5.41) is 7.00. The van der Waals surface area contributed by atoms with Crippen LogP contribution in [0.1, 0.15) is 12.5 Å². The van der Waals surface area contributed by atoms with Crippen molar-refractivity contribution in [3.05, 3.63) is 23.5 Å². The molecule has 1 atom stereocenters. The van der Waals surface area contributed by atoms with Crippen molar-refractivity contribution in [3.63, 3.8) is 0 Å². The number of thiocarbonyl (C=S) groups is 1. The maximum Gasteiger partial charge on any atom is 0.297 e. The molecule has 0 spiro atoms. The van der Waals surface area contributed by atoms with Gasteiger partial charge < -0.3 is 16.0 Å². The number of hydrazone groups is 1. The van der Waals surface area contributed by atoms with Crippen LogP contribution in [0.15, 0.2) is 17.2 Å². The van der Waals surface area contributed by atoms with E-state index in [1.165, 1.54) is 0 Å². The number of aldehydes is 1. The zero-order valence-corrected chi connectivity index (χ0v) is 15.6. The molecule has 27 heavy (non-hydrogen) atoms. The maximum absolute atomic E-state index is 14.6. The van der Waals surface area contributed by atoms with Gasteiger partial charge >= 0.3 is 0 Å². The molecule has 1 aliphatic heterocycles. The van der Waals surface area contributed by atoms with Gasteiger partial charge in [0.25, 0.3) is 6.43 Å². The largest absolute Gasteiger partial charge is 0.389 e. The van der Waals surface area contributed by atoms with Gasteiger partial charge in [-0.3, -0.25) is 4.79 Å². The van der Waals surface area contributed by atoms with Crippen LogP contribution in [0.25, 0.3) is 0 Å². The van der Waals surface area contributed by atoms with Crippen LogP contribution in [0.4, 0.5) is 24.5 Å². The van der Waals surface area contributed by atoms with Crippen molar-refractivity contribution >= 4 is 51.4 Å². The molecule has 0 saturated carbocycles. The molecule has 148 valence electrons. The summed E-state index contributed by atoms with van der Waals surface area (Å²) in [6, 6.07) is 2.04. The van der Waals surface area contributed by atoms with E-state index in [9.17, 15) is 26.4 Å². The number of benzene rings is 1. The minimum absolute atomic E-state index is 0.0235. The van der Waals surface area contributed by atoms with Gasteiger partial charge in [0.15, 0.2) is 29.0 Å². The van der Waals surface area contributed by atoms with Crippen LogP contribution in [-0.2, 0) is 15.5 Å². The molecule has 13 heteroatoms. The Morgan fingerprint density at radius 2 is 2.15 bits per heavy atom. The van der Waals surface area contributed by atoms with Crippen molar-refractivity contribution in [2.45, 2.75) is 19.5 Å². The maximum atomic E-state index is 14.6. The molecular formula is C14H16F3N5O3S2. The topological polar surface area (TPSA) is 108 Å². The van der Waals surface area contributed by atoms with E-state index >= 15 is 0 Å². The number of thiol groups is 1. The first-order valence-corrected chi connectivity index (χ1v) is 9.35. The van der Waals surface area contributed by atoms with Gasteiger partial charge in [-0.05, 0) is 19.1 Å². The Balaban J connectivity index is 2.57. The molecule has 8 nitrogen and oxygen atoms in total. The number of nitrogens with zero attached hydrogens (tertiary/aromatic N) is 3. The average molecular weight is 423 g/mol. The second-order valence-electron chi connectivity index (χ2n) is 5.32. The summed E-state index contributed by atoms with van der Waals surface area (Å²) in [7, 11) is -2.81. The number of hydrogen-bond acceptors (Lipinski definition) is 8. The molecule has 2 rings (SSSR count). The monoisotopic (exact) mass is 423 g/mol. The van der Waals surface area contributed by atoms with Crippen molar-refractivity contribution in [1.29, 1.82) is 0 Å². The van der Waals surface area contributed by atoms with Crippen LogP contribution >= 0.6 is 12.2 Å². The van der Waals surface area contributed by atoms with Gasteiger partial charge in [0, 0.05) is 17.8 Å². The highest BCUT2D eigenvalue weighted by molar-refractivity contribution is 7.80. The minimum Gasteiger partial charge on any atom is -0.389 e. The second kappa shape index (κ2) is 8.52. The van der Waals surface area contributed by atoms with Crippen molar-refractivity contribution in [2.75, 3.05) is 22.7 Å². The number of carbonyl (C=O) groups is 1. The summed E-state index contributed by atoms with van der Waals surface area (Å²) in [5.74, 6) is -2.08. The fraction of sp³-hybridized carbons (Fsp3) is 0.357. The number of carbonyl (C=O) groups excluding carboxylic acids is 1. The van der Waals surface area contributed by atoms with Gasteiger partial charge in [0.1, 0.15) is 22.4 Å². The van der Waals surface area contributed by atoms with Crippen molar-refractivity contribution < 1.29 is 26.4 Å². The lowest BCUT2D eigenvalue weighted by atomic mass is 10.1. The lowest BCUT2D eigenvalue weighted by Gasteiger charge is -2.27. The van der Waals surface area contributed by atoms with Crippen molar-refractivity contribution in [1.82, 2.24) is 4.90 Å². The van der Waals surface area contributed by atoms with Crippen LogP contribution in [0.3, 0.4) is 0 Å². The highest BCUT2D eigenvalue weighted by Gasteiger charge is 2.39. The minimum atomic E-state index is -2.97. The van der Waals surface area contributed by atoms with Gasteiger partial charge in [-0.25, -0.2) is 26.6 Å². The highest BCUT2D eigenvalue weighted by atomic mass is 32.2. The average Bonchev–Trinajstić information content (AvgIpc) is 2.98. The van der Waals surface area contributed by atoms with E-state index in [0.29, 0.717) is 6.29 Å². The van der Waals surface area contributed by atoms with Gasteiger partial charge in [-0.15, -0.1) is 0 Å². The molecule has 0 bridgehead atoms. The first-order chi connectivity index (χ1) is 12.7. The summed E-state index contributed by atoms with van der Waals surface area (Å²) in [6.45, 7) is 1.58. The van der Waals surface area contributed by atoms with E-state index in [0.717, 1.165) is 22.0 Å². The summed E-state index contributed by atoms with van der Waals surface area (Å²) >= 11 is 4.82. The summed E-state index contributed by atoms with van der Waals surface area (Å²) in [5.41, 5.74) is 5.29. The molecule has 0 amide bonds. The first kappa shape index (κ1) is 20.9. The molecule has 1 aromatic rings. The van der Waals surface area contributed by atoms with Crippen LogP contribution in [0, 0.1) is 5.82 Å². The summed E-state index contributed by atoms with van der Waals surface area (Å²) < 4.78 is 62.7. The number of nitrogens with two attached hydrogens (primary N) is 1. The Labute approximate surface area is 159 Å². The Bertz CT molecular complexity index is 855. The number of nitrogens with one attached hydrogen (secondary N) is 1. The predicted octanol–water partition coefficient (Wildman–Crippen LogP) is 0.686. The Hall–Kier alpha value is -2.41. The van der Waals surface area contributed by atoms with E-state index in [4.69, 9.17) is 18.0 Å². The van der Waals surface area contributed by atoms with Crippen LogP contribution < -0.4 is 16.1 Å². The quantitative estimate of drug-likeness (QED) is 0.318. The van der Waals surface area contributed by atoms with Gasteiger partial charge in [-0.2, -0.15) is 5.10 Å². The molecule has 1 heterocycles. The zero-order chi connectivity index (χ0) is 20.3. The van der Waals surface area contributed by atoms with Gasteiger partial charge in [0.2, 0.25) is 0 Å². The van der Waals surface area contributed by atoms with Crippen LogP contribution in [0.2, 0.25) is 0 Å². The first-order valence-electron chi connectivity index (χ1n) is 7.58. The predicted molar refractivity (Wildman–Crippen MR) is 99.2 cm³/mol. The van der Waals surface area contributed by atoms with Crippen molar-refractivity contribution in [2.24, 2.45) is 10.8 Å². The number of likely N-dealkylation sites (N-methyl/N-ethyl adjacent to an activating group) is 1. The molecule has 0 saturated heterocycles. The number of alkyl halides is 2. The Morgan fingerprint density at radius 3 is 2.63 bits per heavy atom. The normalized spacial score (nSPS) is 16.8. The molecule has 1 unspecified atom stereocenters. The van der Waals surface area contributed by atoms with E-state index in [1.54, 1.807) is 6.92 Å². The van der Waals surface area contributed by atoms with E-state index in [2.05, 4.69) is 10.4 Å². The number of amidine groups is 1. The summed E-state index contributed by atoms with van der Waals surface area (Å²) in [4.78, 5) is 12.3. The van der Waals surface area contributed by atoms with E-state index < -0.39 is 40.8 Å². The Morgan fingerprint density at radius 1 is 1.48 bits per heavy atom. The number of anilines is 2. The third-order valence-electron chi connectivity index (χ3n) is 3.73. The van der Waals surface area contributed by atoms with Crippen LogP contribution in [0.5, 0.6) is 0 Å². The number of halogens is 3. The number of hydrogen-bond donors (Lipinski definition) is 3. The molecule has 3 N–H and O–H groups in total. The fourth-order valence-electron chi connectivity index (χ4n) is 2.58. The third-order valence-corrected chi connectivity index (χ3v) is 4.37. The molecule has 0 fully saturated rings. The molecule has 0 aromatic heterocycles. The Kier molecular flexibility index (Phi) is 6.59. The second-order valence-corrected chi connectivity index (χ2v) is 6.74.